The standard InChI is InChI=1S/C16H21NO3/c1-19-16-4-2-3-14(13-16)5-6-15(18)7-8-17-9-11-20-12-10-17/h2-6,13H,7-12H2,1H3/b6-5+. The Kier molecular flexibility index (Phi) is 5.77. The molecule has 1 fully saturated rings. The van der Waals surface area contributed by atoms with Gasteiger partial charge in [0.1, 0.15) is 5.75 Å². The summed E-state index contributed by atoms with van der Waals surface area (Å²) in [4.78, 5) is 14.1. The molecule has 1 heterocycles. The van der Waals surface area contributed by atoms with Crippen LogP contribution >= 0.6 is 0 Å². The second-order valence-corrected chi connectivity index (χ2v) is 4.78. The van der Waals surface area contributed by atoms with Crippen molar-refractivity contribution in [3.8, 4) is 5.75 Å². The number of rotatable bonds is 6. The van der Waals surface area contributed by atoms with Gasteiger partial charge in [-0.3, -0.25) is 9.69 Å². The van der Waals surface area contributed by atoms with Gasteiger partial charge in [0.05, 0.1) is 20.3 Å². The number of methoxy groups -OCH3 is 1. The largest absolute Gasteiger partial charge is 0.497 e. The van der Waals surface area contributed by atoms with Gasteiger partial charge >= 0.3 is 0 Å². The van der Waals surface area contributed by atoms with Crippen LogP contribution in [0.2, 0.25) is 0 Å². The van der Waals surface area contributed by atoms with Crippen molar-refractivity contribution < 1.29 is 14.3 Å². The van der Waals surface area contributed by atoms with E-state index in [1.54, 1.807) is 13.2 Å². The van der Waals surface area contributed by atoms with E-state index in [0.29, 0.717) is 6.42 Å². The molecule has 1 saturated heterocycles. The Hall–Kier alpha value is -1.65. The third kappa shape index (κ3) is 4.79. The summed E-state index contributed by atoms with van der Waals surface area (Å²) in [5, 5.41) is 0. The molecule has 2 rings (SSSR count). The molecule has 1 aliphatic rings. The Morgan fingerprint density at radius 3 is 2.95 bits per heavy atom. The van der Waals surface area contributed by atoms with Crippen LogP contribution in [0.3, 0.4) is 0 Å². The molecule has 0 aliphatic carbocycles. The first-order valence-electron chi connectivity index (χ1n) is 6.93. The van der Waals surface area contributed by atoms with Gasteiger partial charge in [0.2, 0.25) is 0 Å². The Labute approximate surface area is 120 Å². The Bertz CT molecular complexity index is 465. The van der Waals surface area contributed by atoms with E-state index in [1.165, 1.54) is 0 Å². The van der Waals surface area contributed by atoms with E-state index < -0.39 is 0 Å². The fraction of sp³-hybridized carbons (Fsp3) is 0.438. The van der Waals surface area contributed by atoms with Crippen LogP contribution in [0.5, 0.6) is 5.75 Å². The molecule has 4 nitrogen and oxygen atoms in total. The number of morpholine rings is 1. The second-order valence-electron chi connectivity index (χ2n) is 4.78. The van der Waals surface area contributed by atoms with E-state index in [9.17, 15) is 4.79 Å². The normalized spacial score (nSPS) is 16.4. The number of nitrogens with zero attached hydrogens (tertiary/aromatic N) is 1. The van der Waals surface area contributed by atoms with Gasteiger partial charge in [0, 0.05) is 26.1 Å². The molecular formula is C16H21NO3. The molecule has 1 aromatic carbocycles. The van der Waals surface area contributed by atoms with Gasteiger partial charge in [0.25, 0.3) is 0 Å². The summed E-state index contributed by atoms with van der Waals surface area (Å²) in [5.74, 6) is 0.951. The fourth-order valence-corrected chi connectivity index (χ4v) is 2.11. The van der Waals surface area contributed by atoms with Gasteiger partial charge in [-0.2, -0.15) is 0 Å². The van der Waals surface area contributed by atoms with Gasteiger partial charge in [-0.05, 0) is 23.8 Å². The monoisotopic (exact) mass is 275 g/mol. The third-order valence-electron chi connectivity index (χ3n) is 3.33. The lowest BCUT2D eigenvalue weighted by Crippen LogP contribution is -2.37. The number of carbonyl (C=O) groups is 1. The molecule has 108 valence electrons. The van der Waals surface area contributed by atoms with E-state index in [0.717, 1.165) is 44.2 Å². The topological polar surface area (TPSA) is 38.8 Å². The van der Waals surface area contributed by atoms with Gasteiger partial charge in [-0.1, -0.05) is 18.2 Å². The second kappa shape index (κ2) is 7.82. The van der Waals surface area contributed by atoms with Gasteiger partial charge < -0.3 is 9.47 Å². The quantitative estimate of drug-likeness (QED) is 0.744. The molecule has 0 bridgehead atoms. The third-order valence-corrected chi connectivity index (χ3v) is 3.33. The molecule has 0 unspecified atom stereocenters. The molecule has 4 heteroatoms. The zero-order valence-electron chi connectivity index (χ0n) is 11.9. The summed E-state index contributed by atoms with van der Waals surface area (Å²) >= 11 is 0. The van der Waals surface area contributed by atoms with Crippen molar-refractivity contribution in [2.75, 3.05) is 40.0 Å². The fourth-order valence-electron chi connectivity index (χ4n) is 2.11. The average Bonchev–Trinajstić information content (AvgIpc) is 2.52. The van der Waals surface area contributed by atoms with Crippen LogP contribution in [0, 0.1) is 0 Å². The Balaban J connectivity index is 1.79. The molecule has 0 atom stereocenters. The first kappa shape index (κ1) is 14.8. The summed E-state index contributed by atoms with van der Waals surface area (Å²) in [7, 11) is 1.64. The zero-order chi connectivity index (χ0) is 14.2. The number of carbonyl (C=O) groups excluding carboxylic acids is 1. The van der Waals surface area contributed by atoms with Crippen LogP contribution in [-0.2, 0) is 9.53 Å². The summed E-state index contributed by atoms with van der Waals surface area (Å²) in [6.45, 7) is 4.20. The van der Waals surface area contributed by atoms with Crippen LogP contribution in [0.1, 0.15) is 12.0 Å². The van der Waals surface area contributed by atoms with E-state index in [2.05, 4.69) is 4.90 Å². The van der Waals surface area contributed by atoms with Crippen molar-refractivity contribution in [1.29, 1.82) is 0 Å². The maximum Gasteiger partial charge on any atom is 0.156 e. The molecular weight excluding hydrogens is 254 g/mol. The van der Waals surface area contributed by atoms with Crippen molar-refractivity contribution in [3.63, 3.8) is 0 Å². The summed E-state index contributed by atoms with van der Waals surface area (Å²) in [6.07, 6.45) is 4.04. The minimum Gasteiger partial charge on any atom is -0.497 e. The number of allylic oxidation sites excluding steroid dienone is 1. The molecule has 0 amide bonds. The summed E-state index contributed by atoms with van der Waals surface area (Å²) in [5.41, 5.74) is 0.976. The lowest BCUT2D eigenvalue weighted by molar-refractivity contribution is -0.115. The molecule has 0 N–H and O–H groups in total. The van der Waals surface area contributed by atoms with E-state index in [-0.39, 0.29) is 5.78 Å². The van der Waals surface area contributed by atoms with E-state index >= 15 is 0 Å². The average molecular weight is 275 g/mol. The van der Waals surface area contributed by atoms with Crippen molar-refractivity contribution >= 4 is 11.9 Å². The maximum atomic E-state index is 11.8. The Morgan fingerprint density at radius 1 is 1.40 bits per heavy atom. The van der Waals surface area contributed by atoms with Crippen LogP contribution in [-0.4, -0.2) is 50.6 Å². The minimum absolute atomic E-state index is 0.152. The highest BCUT2D eigenvalue weighted by molar-refractivity contribution is 5.93. The van der Waals surface area contributed by atoms with Crippen LogP contribution < -0.4 is 4.74 Å². The van der Waals surface area contributed by atoms with Gasteiger partial charge in [0.15, 0.2) is 5.78 Å². The zero-order valence-corrected chi connectivity index (χ0v) is 11.9. The van der Waals surface area contributed by atoms with Crippen molar-refractivity contribution in [3.05, 3.63) is 35.9 Å². The highest BCUT2D eigenvalue weighted by Crippen LogP contribution is 2.13. The van der Waals surface area contributed by atoms with Crippen molar-refractivity contribution in [2.45, 2.75) is 6.42 Å². The summed E-state index contributed by atoms with van der Waals surface area (Å²) in [6, 6.07) is 7.66. The van der Waals surface area contributed by atoms with Crippen LogP contribution in [0.4, 0.5) is 0 Å². The molecule has 1 aromatic rings. The molecule has 0 aromatic heterocycles. The van der Waals surface area contributed by atoms with Crippen molar-refractivity contribution in [2.24, 2.45) is 0 Å². The van der Waals surface area contributed by atoms with Crippen LogP contribution in [0.15, 0.2) is 30.3 Å². The highest BCUT2D eigenvalue weighted by Gasteiger charge is 2.10. The first-order valence-corrected chi connectivity index (χ1v) is 6.93. The highest BCUT2D eigenvalue weighted by atomic mass is 16.5. The van der Waals surface area contributed by atoms with E-state index in [1.807, 2.05) is 30.3 Å². The molecule has 20 heavy (non-hydrogen) atoms. The molecule has 1 aliphatic heterocycles. The smallest absolute Gasteiger partial charge is 0.156 e. The van der Waals surface area contributed by atoms with Crippen LogP contribution in [0.25, 0.3) is 6.08 Å². The SMILES string of the molecule is COc1cccc(/C=C/C(=O)CCN2CCOCC2)c1. The maximum absolute atomic E-state index is 11.8. The number of ketones is 1. The lowest BCUT2D eigenvalue weighted by Gasteiger charge is -2.25. The van der Waals surface area contributed by atoms with Gasteiger partial charge in [-0.15, -0.1) is 0 Å². The minimum atomic E-state index is 0.152. The van der Waals surface area contributed by atoms with Crippen molar-refractivity contribution in [1.82, 2.24) is 4.90 Å². The van der Waals surface area contributed by atoms with E-state index in [4.69, 9.17) is 9.47 Å². The molecule has 0 spiro atoms. The van der Waals surface area contributed by atoms with Gasteiger partial charge in [-0.25, -0.2) is 0 Å². The molecule has 0 radical (unpaired) electrons. The number of ether oxygens (including phenoxy) is 2. The molecule has 0 saturated carbocycles. The predicted molar refractivity (Wildman–Crippen MR) is 78.9 cm³/mol. The first-order chi connectivity index (χ1) is 9.78. The Morgan fingerprint density at radius 2 is 2.20 bits per heavy atom. The number of hydrogen-bond donors (Lipinski definition) is 0. The lowest BCUT2D eigenvalue weighted by atomic mass is 10.1. The predicted octanol–water partition coefficient (Wildman–Crippen LogP) is 2.00. The number of hydrogen-bond acceptors (Lipinski definition) is 4. The number of benzene rings is 1. The summed E-state index contributed by atoms with van der Waals surface area (Å²) < 4.78 is 10.4.